The van der Waals surface area contributed by atoms with Gasteiger partial charge in [-0.1, -0.05) is 23.8 Å². The number of hydrogen-bond donors (Lipinski definition) is 2. The average molecular weight is 271 g/mol. The maximum absolute atomic E-state index is 12.0. The van der Waals surface area contributed by atoms with Crippen molar-refractivity contribution in [3.05, 3.63) is 54.1 Å². The van der Waals surface area contributed by atoms with Crippen molar-refractivity contribution >= 4 is 11.6 Å². The van der Waals surface area contributed by atoms with Crippen molar-refractivity contribution < 1.29 is 14.6 Å². The van der Waals surface area contributed by atoms with Crippen LogP contribution >= 0.6 is 0 Å². The van der Waals surface area contributed by atoms with Gasteiger partial charge in [0.05, 0.1) is 0 Å². The summed E-state index contributed by atoms with van der Waals surface area (Å²) in [5, 5.41) is 12.0. The third-order valence-electron chi connectivity index (χ3n) is 2.82. The van der Waals surface area contributed by atoms with Crippen LogP contribution in [0.2, 0.25) is 0 Å². The molecule has 20 heavy (non-hydrogen) atoms. The lowest BCUT2D eigenvalue weighted by Crippen LogP contribution is -2.30. The Labute approximate surface area is 118 Å². The van der Waals surface area contributed by atoms with E-state index in [-0.39, 0.29) is 11.7 Å². The molecule has 1 atom stereocenters. The monoisotopic (exact) mass is 271 g/mol. The van der Waals surface area contributed by atoms with E-state index in [4.69, 9.17) is 4.74 Å². The highest BCUT2D eigenvalue weighted by Crippen LogP contribution is 2.17. The molecule has 0 aromatic heterocycles. The number of rotatable bonds is 4. The fraction of sp³-hybridized carbons (Fsp3) is 0.188. The summed E-state index contributed by atoms with van der Waals surface area (Å²) in [6.45, 7) is 3.67. The second kappa shape index (κ2) is 6.10. The first-order chi connectivity index (χ1) is 9.54. The van der Waals surface area contributed by atoms with E-state index in [1.165, 1.54) is 6.07 Å². The number of benzene rings is 2. The quantitative estimate of drug-likeness (QED) is 0.898. The van der Waals surface area contributed by atoms with E-state index in [0.29, 0.717) is 11.4 Å². The molecule has 2 aromatic carbocycles. The summed E-state index contributed by atoms with van der Waals surface area (Å²) >= 11 is 0. The first-order valence-electron chi connectivity index (χ1n) is 6.38. The van der Waals surface area contributed by atoms with E-state index >= 15 is 0 Å². The highest BCUT2D eigenvalue weighted by atomic mass is 16.5. The number of amides is 1. The predicted octanol–water partition coefficient (Wildman–Crippen LogP) is 3.11. The highest BCUT2D eigenvalue weighted by Gasteiger charge is 2.14. The molecule has 4 heteroatoms. The predicted molar refractivity (Wildman–Crippen MR) is 78.0 cm³/mol. The Hall–Kier alpha value is -2.49. The maximum Gasteiger partial charge on any atom is 0.265 e. The summed E-state index contributed by atoms with van der Waals surface area (Å²) in [4.78, 5) is 12.0. The minimum Gasteiger partial charge on any atom is -0.508 e. The third-order valence-corrected chi connectivity index (χ3v) is 2.82. The number of phenols is 1. The number of carbonyl (C=O) groups is 1. The van der Waals surface area contributed by atoms with Crippen molar-refractivity contribution in [2.75, 3.05) is 5.32 Å². The number of anilines is 1. The number of phenolic OH excluding ortho intramolecular Hbond substituents is 1. The van der Waals surface area contributed by atoms with Gasteiger partial charge in [-0.15, -0.1) is 0 Å². The molecule has 4 nitrogen and oxygen atoms in total. The van der Waals surface area contributed by atoms with Crippen LogP contribution in [-0.2, 0) is 4.79 Å². The van der Waals surface area contributed by atoms with Crippen molar-refractivity contribution in [2.45, 2.75) is 20.0 Å². The molecule has 0 heterocycles. The van der Waals surface area contributed by atoms with Gasteiger partial charge in [0.15, 0.2) is 6.10 Å². The van der Waals surface area contributed by atoms with Crippen LogP contribution in [0, 0.1) is 6.92 Å². The molecule has 2 N–H and O–H groups in total. The lowest BCUT2D eigenvalue weighted by atomic mass is 10.2. The van der Waals surface area contributed by atoms with Gasteiger partial charge in [0, 0.05) is 11.8 Å². The van der Waals surface area contributed by atoms with E-state index in [1.807, 2.05) is 31.2 Å². The largest absolute Gasteiger partial charge is 0.508 e. The number of carbonyl (C=O) groups excluding carboxylic acids is 1. The zero-order valence-electron chi connectivity index (χ0n) is 11.5. The summed E-state index contributed by atoms with van der Waals surface area (Å²) in [5.41, 5.74) is 1.67. The normalized spacial score (nSPS) is 11.7. The molecule has 0 spiro atoms. The van der Waals surface area contributed by atoms with Crippen molar-refractivity contribution in [3.8, 4) is 11.5 Å². The van der Waals surface area contributed by atoms with Gasteiger partial charge in [-0.25, -0.2) is 0 Å². The lowest BCUT2D eigenvalue weighted by molar-refractivity contribution is -0.122. The van der Waals surface area contributed by atoms with Crippen LogP contribution in [0.1, 0.15) is 12.5 Å². The molecule has 0 aliphatic heterocycles. The van der Waals surface area contributed by atoms with E-state index in [2.05, 4.69) is 5.32 Å². The first kappa shape index (κ1) is 13.9. The van der Waals surface area contributed by atoms with Crippen molar-refractivity contribution in [1.82, 2.24) is 0 Å². The summed E-state index contributed by atoms with van der Waals surface area (Å²) in [6.07, 6.45) is -0.625. The smallest absolute Gasteiger partial charge is 0.265 e. The van der Waals surface area contributed by atoms with Gasteiger partial charge in [-0.05, 0) is 38.1 Å². The van der Waals surface area contributed by atoms with Gasteiger partial charge in [-0.3, -0.25) is 4.79 Å². The van der Waals surface area contributed by atoms with E-state index in [1.54, 1.807) is 25.1 Å². The van der Waals surface area contributed by atoms with Crippen LogP contribution in [-0.4, -0.2) is 17.1 Å². The summed E-state index contributed by atoms with van der Waals surface area (Å²) < 4.78 is 5.56. The Morgan fingerprint density at radius 1 is 1.20 bits per heavy atom. The highest BCUT2D eigenvalue weighted by molar-refractivity contribution is 5.94. The Kier molecular flexibility index (Phi) is 4.25. The number of nitrogens with one attached hydrogen (secondary N) is 1. The van der Waals surface area contributed by atoms with Gasteiger partial charge in [0.25, 0.3) is 5.91 Å². The van der Waals surface area contributed by atoms with Gasteiger partial charge in [0.1, 0.15) is 11.5 Å². The molecule has 0 unspecified atom stereocenters. The fourth-order valence-corrected chi connectivity index (χ4v) is 1.70. The second-order valence-electron chi connectivity index (χ2n) is 4.61. The Balaban J connectivity index is 1.96. The van der Waals surface area contributed by atoms with E-state index < -0.39 is 6.10 Å². The van der Waals surface area contributed by atoms with Gasteiger partial charge in [0.2, 0.25) is 0 Å². The van der Waals surface area contributed by atoms with Crippen LogP contribution in [0.15, 0.2) is 48.5 Å². The molecular formula is C16H17NO3. The average Bonchev–Trinajstić information content (AvgIpc) is 2.41. The molecule has 2 aromatic rings. The minimum atomic E-state index is -0.625. The van der Waals surface area contributed by atoms with E-state index in [9.17, 15) is 9.90 Å². The lowest BCUT2D eigenvalue weighted by Gasteiger charge is -2.15. The zero-order chi connectivity index (χ0) is 14.5. The van der Waals surface area contributed by atoms with Gasteiger partial charge < -0.3 is 15.2 Å². The fourth-order valence-electron chi connectivity index (χ4n) is 1.70. The van der Waals surface area contributed by atoms with Crippen LogP contribution < -0.4 is 10.1 Å². The molecule has 0 aliphatic carbocycles. The number of aryl methyl sites for hydroxylation is 1. The molecular weight excluding hydrogens is 254 g/mol. The number of ether oxygens (including phenoxy) is 1. The van der Waals surface area contributed by atoms with Crippen molar-refractivity contribution in [3.63, 3.8) is 0 Å². The number of hydrogen-bond acceptors (Lipinski definition) is 3. The maximum atomic E-state index is 12.0. The van der Waals surface area contributed by atoms with Crippen molar-refractivity contribution in [1.29, 1.82) is 0 Å². The molecule has 0 saturated heterocycles. The van der Waals surface area contributed by atoms with Crippen LogP contribution in [0.4, 0.5) is 5.69 Å². The first-order valence-corrected chi connectivity index (χ1v) is 6.38. The molecule has 2 rings (SSSR count). The summed E-state index contributed by atoms with van der Waals surface area (Å²) in [7, 11) is 0. The zero-order valence-corrected chi connectivity index (χ0v) is 11.5. The molecule has 1 amide bonds. The minimum absolute atomic E-state index is 0.106. The SMILES string of the molecule is Cc1ccc(O[C@@H](C)C(=O)Nc2cccc(O)c2)cc1. The van der Waals surface area contributed by atoms with Crippen LogP contribution in [0.5, 0.6) is 11.5 Å². The van der Waals surface area contributed by atoms with Crippen LogP contribution in [0.25, 0.3) is 0 Å². The molecule has 0 fully saturated rings. The topological polar surface area (TPSA) is 58.6 Å². The Bertz CT molecular complexity index is 593. The molecule has 0 aliphatic rings. The second-order valence-corrected chi connectivity index (χ2v) is 4.61. The Morgan fingerprint density at radius 2 is 1.90 bits per heavy atom. The van der Waals surface area contributed by atoms with Crippen molar-refractivity contribution in [2.24, 2.45) is 0 Å². The summed E-state index contributed by atoms with van der Waals surface area (Å²) in [6, 6.07) is 13.9. The molecule has 0 saturated carbocycles. The third kappa shape index (κ3) is 3.75. The molecule has 0 radical (unpaired) electrons. The molecule has 104 valence electrons. The summed E-state index contributed by atoms with van der Waals surface area (Å²) in [5.74, 6) is 0.486. The molecule has 0 bridgehead atoms. The number of aromatic hydroxyl groups is 1. The van der Waals surface area contributed by atoms with E-state index in [0.717, 1.165) is 5.56 Å². The Morgan fingerprint density at radius 3 is 2.55 bits per heavy atom. The van der Waals surface area contributed by atoms with Crippen LogP contribution in [0.3, 0.4) is 0 Å². The standard InChI is InChI=1S/C16H17NO3/c1-11-6-8-15(9-7-11)20-12(2)16(19)17-13-4-3-5-14(18)10-13/h3-10,12,18H,1-2H3,(H,17,19)/t12-/m0/s1. The van der Waals surface area contributed by atoms with Gasteiger partial charge >= 0.3 is 0 Å². The van der Waals surface area contributed by atoms with Gasteiger partial charge in [-0.2, -0.15) is 0 Å².